The van der Waals surface area contributed by atoms with Gasteiger partial charge in [0.05, 0.1) is 11.9 Å². The zero-order valence-electron chi connectivity index (χ0n) is 18.5. The summed E-state index contributed by atoms with van der Waals surface area (Å²) in [5, 5.41) is 11.3. The summed E-state index contributed by atoms with van der Waals surface area (Å²) in [7, 11) is -1.80. The first kappa shape index (κ1) is 23.9. The topological polar surface area (TPSA) is 70.1 Å². The van der Waals surface area contributed by atoms with Crippen LogP contribution in [-0.2, 0) is 10.0 Å². The van der Waals surface area contributed by atoms with Crippen LogP contribution in [0.1, 0.15) is 31.7 Å². The van der Waals surface area contributed by atoms with Crippen molar-refractivity contribution in [2.45, 2.75) is 37.8 Å². The van der Waals surface area contributed by atoms with Gasteiger partial charge in [0.25, 0.3) is 0 Å². The van der Waals surface area contributed by atoms with Crippen molar-refractivity contribution in [3.8, 4) is 5.75 Å². The van der Waals surface area contributed by atoms with E-state index in [-0.39, 0.29) is 12.1 Å². The Morgan fingerprint density at radius 3 is 2.55 bits per heavy atom. The Morgan fingerprint density at radius 2 is 1.94 bits per heavy atom. The van der Waals surface area contributed by atoms with Gasteiger partial charge in [-0.15, -0.1) is 0 Å². The molecule has 1 fully saturated rings. The summed E-state index contributed by atoms with van der Waals surface area (Å²) in [5.74, 6) is 0.931. The molecule has 3 rings (SSSR count). The van der Waals surface area contributed by atoms with Crippen LogP contribution in [-0.4, -0.2) is 63.1 Å². The lowest BCUT2D eigenvalue weighted by Gasteiger charge is -2.37. The first-order valence-corrected chi connectivity index (χ1v) is 12.6. The van der Waals surface area contributed by atoms with Crippen LogP contribution in [0.3, 0.4) is 0 Å². The molecule has 170 valence electrons. The maximum atomic E-state index is 11.6. The summed E-state index contributed by atoms with van der Waals surface area (Å²) in [4.78, 5) is 2.30. The Bertz CT molecular complexity index is 995. The molecule has 31 heavy (non-hydrogen) atoms. The van der Waals surface area contributed by atoms with Gasteiger partial charge >= 0.3 is 0 Å². The SMILES string of the molecule is CN(c1ccc(OCC(O)CN2CC[C@@H](c3cccc(Cl)c3)C2(C)C)cc1)S(C)(=O)=O. The summed E-state index contributed by atoms with van der Waals surface area (Å²) in [6.45, 7) is 5.98. The molecule has 0 amide bonds. The molecule has 1 unspecified atom stereocenters. The molecule has 1 heterocycles. The van der Waals surface area contributed by atoms with Gasteiger partial charge in [0.1, 0.15) is 18.5 Å². The maximum absolute atomic E-state index is 11.6. The molecule has 0 saturated carbocycles. The van der Waals surface area contributed by atoms with Gasteiger partial charge < -0.3 is 9.84 Å². The van der Waals surface area contributed by atoms with E-state index in [2.05, 4.69) is 24.8 Å². The van der Waals surface area contributed by atoms with E-state index in [1.165, 1.54) is 16.9 Å². The third-order valence-corrected chi connectivity index (χ3v) is 7.62. The summed E-state index contributed by atoms with van der Waals surface area (Å²) in [6.07, 6.45) is 1.52. The van der Waals surface area contributed by atoms with Crippen molar-refractivity contribution < 1.29 is 18.3 Å². The molecule has 1 aliphatic heterocycles. The molecule has 0 spiro atoms. The van der Waals surface area contributed by atoms with Crippen molar-refractivity contribution in [1.29, 1.82) is 0 Å². The fraction of sp³-hybridized carbons (Fsp3) is 0.478. The predicted octanol–water partition coefficient (Wildman–Crippen LogP) is 3.74. The standard InChI is InChI=1S/C23H31ClN2O4S/c1-23(2)22(17-6-5-7-18(24)14-17)12-13-26(23)15-20(27)16-30-21-10-8-19(9-11-21)25(3)31(4,28)29/h5-11,14,20,22,27H,12-13,15-16H2,1-4H3/t20?,22-/m0/s1. The minimum Gasteiger partial charge on any atom is -0.491 e. The number of aliphatic hydroxyl groups excluding tert-OH is 1. The van der Waals surface area contributed by atoms with Crippen LogP contribution >= 0.6 is 11.6 Å². The van der Waals surface area contributed by atoms with Crippen molar-refractivity contribution in [2.24, 2.45) is 0 Å². The average Bonchev–Trinajstić information content (AvgIpc) is 2.99. The highest BCUT2D eigenvalue weighted by Gasteiger charge is 2.42. The number of benzene rings is 2. The number of halogens is 1. The molecule has 1 aliphatic rings. The van der Waals surface area contributed by atoms with Crippen LogP contribution in [0.4, 0.5) is 5.69 Å². The first-order valence-electron chi connectivity index (χ1n) is 10.3. The van der Waals surface area contributed by atoms with Gasteiger partial charge in [-0.2, -0.15) is 0 Å². The Kier molecular flexibility index (Phi) is 7.21. The molecule has 2 atom stereocenters. The molecule has 0 radical (unpaired) electrons. The molecule has 8 heteroatoms. The Hall–Kier alpha value is -1.80. The zero-order chi connectivity index (χ0) is 22.8. The van der Waals surface area contributed by atoms with E-state index in [9.17, 15) is 13.5 Å². The lowest BCUT2D eigenvalue weighted by atomic mass is 9.82. The number of sulfonamides is 1. The van der Waals surface area contributed by atoms with Gasteiger partial charge in [-0.1, -0.05) is 23.7 Å². The van der Waals surface area contributed by atoms with Crippen LogP contribution in [0.5, 0.6) is 5.75 Å². The van der Waals surface area contributed by atoms with E-state index < -0.39 is 16.1 Å². The molecule has 0 aromatic heterocycles. The summed E-state index contributed by atoms with van der Waals surface area (Å²) < 4.78 is 30.2. The molecule has 2 aromatic carbocycles. The Labute approximate surface area is 190 Å². The molecule has 1 saturated heterocycles. The van der Waals surface area contributed by atoms with Gasteiger partial charge in [0, 0.05) is 30.1 Å². The summed E-state index contributed by atoms with van der Waals surface area (Å²) >= 11 is 6.18. The first-order chi connectivity index (χ1) is 14.5. The number of aliphatic hydroxyl groups is 1. The van der Waals surface area contributed by atoms with Crippen molar-refractivity contribution >= 4 is 27.3 Å². The van der Waals surface area contributed by atoms with Gasteiger partial charge in [0.15, 0.2) is 0 Å². The number of ether oxygens (including phenoxy) is 1. The average molecular weight is 467 g/mol. The number of likely N-dealkylation sites (tertiary alicyclic amines) is 1. The summed E-state index contributed by atoms with van der Waals surface area (Å²) in [5.41, 5.74) is 1.68. The number of rotatable bonds is 8. The second-order valence-electron chi connectivity index (χ2n) is 8.69. The molecular formula is C23H31ClN2O4S. The third-order valence-electron chi connectivity index (χ3n) is 6.18. The van der Waals surface area contributed by atoms with Crippen LogP contribution in [0.2, 0.25) is 5.02 Å². The highest BCUT2D eigenvalue weighted by molar-refractivity contribution is 7.92. The Morgan fingerprint density at radius 1 is 1.26 bits per heavy atom. The fourth-order valence-electron chi connectivity index (χ4n) is 4.21. The van der Waals surface area contributed by atoms with E-state index in [0.717, 1.165) is 24.2 Å². The predicted molar refractivity (Wildman–Crippen MR) is 126 cm³/mol. The van der Waals surface area contributed by atoms with Crippen molar-refractivity contribution in [2.75, 3.05) is 37.3 Å². The van der Waals surface area contributed by atoms with Crippen molar-refractivity contribution in [3.05, 3.63) is 59.1 Å². The zero-order valence-corrected chi connectivity index (χ0v) is 20.0. The second kappa shape index (κ2) is 9.36. The normalized spacial score (nSPS) is 19.9. The Balaban J connectivity index is 1.56. The monoisotopic (exact) mass is 466 g/mol. The number of hydrogen-bond acceptors (Lipinski definition) is 5. The molecule has 0 aliphatic carbocycles. The van der Waals surface area contributed by atoms with Crippen LogP contribution < -0.4 is 9.04 Å². The number of hydrogen-bond donors (Lipinski definition) is 1. The summed E-state index contributed by atoms with van der Waals surface area (Å²) in [6, 6.07) is 14.8. The van der Waals surface area contributed by atoms with Crippen molar-refractivity contribution in [1.82, 2.24) is 4.90 Å². The third kappa shape index (κ3) is 5.71. The van der Waals surface area contributed by atoms with Crippen LogP contribution in [0.15, 0.2) is 48.5 Å². The highest BCUT2D eigenvalue weighted by Crippen LogP contribution is 2.42. The maximum Gasteiger partial charge on any atom is 0.231 e. The van der Waals surface area contributed by atoms with E-state index in [4.69, 9.17) is 16.3 Å². The highest BCUT2D eigenvalue weighted by atomic mass is 35.5. The van der Waals surface area contributed by atoms with E-state index in [1.807, 2.05) is 18.2 Å². The number of anilines is 1. The molecule has 6 nitrogen and oxygen atoms in total. The van der Waals surface area contributed by atoms with E-state index in [0.29, 0.717) is 23.9 Å². The van der Waals surface area contributed by atoms with E-state index in [1.54, 1.807) is 24.3 Å². The smallest absolute Gasteiger partial charge is 0.231 e. The fourth-order valence-corrected chi connectivity index (χ4v) is 4.92. The quantitative estimate of drug-likeness (QED) is 0.641. The molecule has 0 bridgehead atoms. The lowest BCUT2D eigenvalue weighted by Crippen LogP contribution is -2.46. The van der Waals surface area contributed by atoms with Crippen LogP contribution in [0, 0.1) is 0 Å². The number of β-amino-alcohol motifs (C(OH)–C–C–N with tert-alkyl or cyclic N) is 1. The minimum absolute atomic E-state index is 0.108. The van der Waals surface area contributed by atoms with Gasteiger partial charge in [-0.05, 0) is 68.8 Å². The molecule has 1 N–H and O–H groups in total. The van der Waals surface area contributed by atoms with Crippen molar-refractivity contribution in [3.63, 3.8) is 0 Å². The minimum atomic E-state index is -3.31. The van der Waals surface area contributed by atoms with Gasteiger partial charge in [-0.3, -0.25) is 9.21 Å². The van der Waals surface area contributed by atoms with Crippen LogP contribution in [0.25, 0.3) is 0 Å². The number of nitrogens with zero attached hydrogens (tertiary/aromatic N) is 2. The molecule has 2 aromatic rings. The van der Waals surface area contributed by atoms with E-state index >= 15 is 0 Å². The lowest BCUT2D eigenvalue weighted by molar-refractivity contribution is 0.0433. The second-order valence-corrected chi connectivity index (χ2v) is 11.1. The van der Waals surface area contributed by atoms with Gasteiger partial charge in [-0.25, -0.2) is 8.42 Å². The van der Waals surface area contributed by atoms with Gasteiger partial charge in [0.2, 0.25) is 10.0 Å². The largest absolute Gasteiger partial charge is 0.491 e. The molecular weight excluding hydrogens is 436 g/mol.